The fraction of sp³-hybridized carbons (Fsp3) is 0.615. The van der Waals surface area contributed by atoms with Crippen molar-refractivity contribution < 1.29 is 9.53 Å². The minimum absolute atomic E-state index is 0. The molecule has 2 heterocycles. The Morgan fingerprint density at radius 2 is 2.26 bits per heavy atom. The SMILES string of the molecule is COc1csc(C(=O)N(C)C2CCCNCC2)c1.Cl. The molecule has 0 saturated carbocycles. The van der Waals surface area contributed by atoms with Crippen LogP contribution >= 0.6 is 23.7 Å². The summed E-state index contributed by atoms with van der Waals surface area (Å²) in [5, 5.41) is 5.24. The van der Waals surface area contributed by atoms with Gasteiger partial charge in [0.25, 0.3) is 5.91 Å². The van der Waals surface area contributed by atoms with E-state index in [0.29, 0.717) is 6.04 Å². The van der Waals surface area contributed by atoms with E-state index in [0.717, 1.165) is 43.0 Å². The van der Waals surface area contributed by atoms with Crippen LogP contribution in [0.15, 0.2) is 11.4 Å². The predicted octanol–water partition coefficient (Wildman–Crippen LogP) is 2.39. The topological polar surface area (TPSA) is 41.6 Å². The highest BCUT2D eigenvalue weighted by Gasteiger charge is 2.23. The van der Waals surface area contributed by atoms with Crippen molar-refractivity contribution in [1.29, 1.82) is 0 Å². The van der Waals surface area contributed by atoms with Crippen LogP contribution in [0.1, 0.15) is 28.9 Å². The largest absolute Gasteiger partial charge is 0.496 e. The van der Waals surface area contributed by atoms with E-state index in [1.807, 2.05) is 23.4 Å². The molecule has 1 aromatic rings. The highest BCUT2D eigenvalue weighted by molar-refractivity contribution is 7.12. The second kappa shape index (κ2) is 7.72. The lowest BCUT2D eigenvalue weighted by Crippen LogP contribution is -2.37. The van der Waals surface area contributed by atoms with Gasteiger partial charge in [0, 0.05) is 24.5 Å². The number of ether oxygens (including phenoxy) is 1. The van der Waals surface area contributed by atoms with Gasteiger partial charge in [0.15, 0.2) is 0 Å². The molecule has 19 heavy (non-hydrogen) atoms. The standard InChI is InChI=1S/C13H20N2O2S.ClH/c1-15(10-4-3-6-14-7-5-10)13(16)12-8-11(17-2)9-18-12;/h8-10,14H,3-7H2,1-2H3;1H. The number of amides is 1. The van der Waals surface area contributed by atoms with E-state index in [1.54, 1.807) is 7.11 Å². The summed E-state index contributed by atoms with van der Waals surface area (Å²) in [4.78, 5) is 15.0. The third-order valence-corrected chi connectivity index (χ3v) is 4.33. The first-order valence-corrected chi connectivity index (χ1v) is 7.20. The number of hydrogen-bond acceptors (Lipinski definition) is 4. The lowest BCUT2D eigenvalue weighted by Gasteiger charge is -2.26. The van der Waals surface area contributed by atoms with Gasteiger partial charge >= 0.3 is 0 Å². The molecular weight excluding hydrogens is 284 g/mol. The molecule has 1 atom stereocenters. The summed E-state index contributed by atoms with van der Waals surface area (Å²) in [6.45, 7) is 2.06. The zero-order chi connectivity index (χ0) is 13.0. The summed E-state index contributed by atoms with van der Waals surface area (Å²) in [6.07, 6.45) is 3.25. The molecule has 1 fully saturated rings. The average Bonchev–Trinajstić information content (AvgIpc) is 2.71. The number of nitrogens with one attached hydrogen (secondary N) is 1. The molecule has 1 aromatic heterocycles. The predicted molar refractivity (Wildman–Crippen MR) is 80.7 cm³/mol. The van der Waals surface area contributed by atoms with Gasteiger partial charge in [0.2, 0.25) is 0 Å². The molecule has 6 heteroatoms. The average molecular weight is 305 g/mol. The van der Waals surface area contributed by atoms with Crippen LogP contribution in [0.4, 0.5) is 0 Å². The van der Waals surface area contributed by atoms with E-state index in [9.17, 15) is 4.79 Å². The molecule has 0 bridgehead atoms. The Balaban J connectivity index is 0.00000180. The van der Waals surface area contributed by atoms with Gasteiger partial charge < -0.3 is 15.0 Å². The normalized spacial score (nSPS) is 19.2. The molecule has 0 radical (unpaired) electrons. The van der Waals surface area contributed by atoms with Crippen LogP contribution in [0, 0.1) is 0 Å². The van der Waals surface area contributed by atoms with E-state index >= 15 is 0 Å². The minimum atomic E-state index is 0. The number of methoxy groups -OCH3 is 1. The third-order valence-electron chi connectivity index (χ3n) is 3.44. The third kappa shape index (κ3) is 4.09. The van der Waals surface area contributed by atoms with Crippen LogP contribution in [0.25, 0.3) is 0 Å². The maximum absolute atomic E-state index is 12.3. The van der Waals surface area contributed by atoms with Crippen LogP contribution < -0.4 is 10.1 Å². The summed E-state index contributed by atoms with van der Waals surface area (Å²) in [7, 11) is 3.53. The Bertz CT molecular complexity index is 403. The number of carbonyl (C=O) groups is 1. The Labute approximate surface area is 124 Å². The Morgan fingerprint density at radius 3 is 2.95 bits per heavy atom. The fourth-order valence-corrected chi connectivity index (χ4v) is 3.10. The molecule has 108 valence electrons. The van der Waals surface area contributed by atoms with Crippen molar-refractivity contribution >= 4 is 29.7 Å². The number of nitrogens with zero attached hydrogens (tertiary/aromatic N) is 1. The Kier molecular flexibility index (Phi) is 6.62. The molecule has 0 aliphatic carbocycles. The quantitative estimate of drug-likeness (QED) is 0.932. The molecule has 0 spiro atoms. The molecule has 4 nitrogen and oxygen atoms in total. The first-order chi connectivity index (χ1) is 8.72. The van der Waals surface area contributed by atoms with Gasteiger partial charge in [-0.1, -0.05) is 0 Å². The fourth-order valence-electron chi connectivity index (χ4n) is 2.27. The minimum Gasteiger partial charge on any atom is -0.496 e. The molecule has 0 aromatic carbocycles. The van der Waals surface area contributed by atoms with Crippen molar-refractivity contribution in [2.45, 2.75) is 25.3 Å². The van der Waals surface area contributed by atoms with Gasteiger partial charge in [-0.25, -0.2) is 0 Å². The van der Waals surface area contributed by atoms with Crippen LogP contribution in [0.5, 0.6) is 5.75 Å². The molecular formula is C13H21ClN2O2S. The highest BCUT2D eigenvalue weighted by Crippen LogP contribution is 2.24. The van der Waals surface area contributed by atoms with Gasteiger partial charge in [-0.05, 0) is 32.4 Å². The lowest BCUT2D eigenvalue weighted by atomic mass is 10.1. The van der Waals surface area contributed by atoms with Crippen molar-refractivity contribution in [3.63, 3.8) is 0 Å². The van der Waals surface area contributed by atoms with Gasteiger partial charge in [-0.15, -0.1) is 23.7 Å². The number of rotatable bonds is 3. The summed E-state index contributed by atoms with van der Waals surface area (Å²) < 4.78 is 5.12. The summed E-state index contributed by atoms with van der Waals surface area (Å²) >= 11 is 1.45. The van der Waals surface area contributed by atoms with E-state index in [4.69, 9.17) is 4.74 Å². The smallest absolute Gasteiger partial charge is 0.264 e. The zero-order valence-corrected chi connectivity index (χ0v) is 13.0. The van der Waals surface area contributed by atoms with E-state index < -0.39 is 0 Å². The molecule has 1 aliphatic heterocycles. The van der Waals surface area contributed by atoms with Crippen LogP contribution in [-0.4, -0.2) is 44.1 Å². The molecule has 1 N–H and O–H groups in total. The van der Waals surface area contributed by atoms with Gasteiger partial charge in [-0.3, -0.25) is 4.79 Å². The Hall–Kier alpha value is -0.780. The van der Waals surface area contributed by atoms with Crippen molar-refractivity contribution in [3.8, 4) is 5.75 Å². The molecule has 1 aliphatic rings. The van der Waals surface area contributed by atoms with Crippen LogP contribution in [0.2, 0.25) is 0 Å². The van der Waals surface area contributed by atoms with E-state index in [-0.39, 0.29) is 18.3 Å². The van der Waals surface area contributed by atoms with Crippen LogP contribution in [0.3, 0.4) is 0 Å². The Morgan fingerprint density at radius 1 is 1.47 bits per heavy atom. The number of thiophene rings is 1. The maximum Gasteiger partial charge on any atom is 0.264 e. The lowest BCUT2D eigenvalue weighted by molar-refractivity contribution is 0.0725. The maximum atomic E-state index is 12.3. The highest BCUT2D eigenvalue weighted by atomic mass is 35.5. The van der Waals surface area contributed by atoms with E-state index in [2.05, 4.69) is 5.32 Å². The second-order valence-electron chi connectivity index (χ2n) is 4.60. The first kappa shape index (κ1) is 16.3. The van der Waals surface area contributed by atoms with Gasteiger partial charge in [-0.2, -0.15) is 0 Å². The number of hydrogen-bond donors (Lipinski definition) is 1. The van der Waals surface area contributed by atoms with Gasteiger partial charge in [0.1, 0.15) is 5.75 Å². The first-order valence-electron chi connectivity index (χ1n) is 6.32. The van der Waals surface area contributed by atoms with Crippen molar-refractivity contribution in [3.05, 3.63) is 16.3 Å². The molecule has 1 unspecified atom stereocenters. The second-order valence-corrected chi connectivity index (χ2v) is 5.51. The van der Waals surface area contributed by atoms with Crippen LogP contribution in [-0.2, 0) is 0 Å². The zero-order valence-electron chi connectivity index (χ0n) is 11.3. The summed E-state index contributed by atoms with van der Waals surface area (Å²) in [5.74, 6) is 0.870. The summed E-state index contributed by atoms with van der Waals surface area (Å²) in [5.41, 5.74) is 0. The van der Waals surface area contributed by atoms with Crippen molar-refractivity contribution in [1.82, 2.24) is 10.2 Å². The molecule has 1 saturated heterocycles. The van der Waals surface area contributed by atoms with E-state index in [1.165, 1.54) is 11.3 Å². The van der Waals surface area contributed by atoms with Gasteiger partial charge in [0.05, 0.1) is 12.0 Å². The molecule has 1 amide bonds. The van der Waals surface area contributed by atoms with Crippen molar-refractivity contribution in [2.24, 2.45) is 0 Å². The van der Waals surface area contributed by atoms with Crippen molar-refractivity contribution in [2.75, 3.05) is 27.2 Å². The monoisotopic (exact) mass is 304 g/mol. The summed E-state index contributed by atoms with van der Waals surface area (Å²) in [6, 6.07) is 2.17. The molecule has 2 rings (SSSR count). The number of halogens is 1. The number of carbonyl (C=O) groups excluding carboxylic acids is 1.